The predicted octanol–water partition coefficient (Wildman–Crippen LogP) is 3.08. The number of carboxylic acid groups (broad SMARTS) is 1. The van der Waals surface area contributed by atoms with E-state index in [2.05, 4.69) is 6.92 Å². The van der Waals surface area contributed by atoms with Gasteiger partial charge in [0, 0.05) is 6.61 Å². The lowest BCUT2D eigenvalue weighted by Gasteiger charge is -2.22. The van der Waals surface area contributed by atoms with E-state index in [-0.39, 0.29) is 12.0 Å². The SMILES string of the molecule is CCCCCOC(CC)C(CC)C(=O)O. The van der Waals surface area contributed by atoms with Crippen LogP contribution in [0.3, 0.4) is 0 Å². The van der Waals surface area contributed by atoms with Gasteiger partial charge in [-0.05, 0) is 19.3 Å². The highest BCUT2D eigenvalue weighted by Crippen LogP contribution is 2.16. The third kappa shape index (κ3) is 5.78. The van der Waals surface area contributed by atoms with Gasteiger partial charge in [-0.15, -0.1) is 0 Å². The lowest BCUT2D eigenvalue weighted by molar-refractivity contribution is -0.148. The molecule has 0 radical (unpaired) electrons. The van der Waals surface area contributed by atoms with E-state index in [1.165, 1.54) is 0 Å². The molecule has 0 heterocycles. The van der Waals surface area contributed by atoms with E-state index in [4.69, 9.17) is 9.84 Å². The molecule has 0 bridgehead atoms. The van der Waals surface area contributed by atoms with Gasteiger partial charge in [0.25, 0.3) is 0 Å². The number of carboxylic acids is 1. The van der Waals surface area contributed by atoms with Crippen molar-refractivity contribution in [1.29, 1.82) is 0 Å². The van der Waals surface area contributed by atoms with Gasteiger partial charge in [-0.25, -0.2) is 0 Å². The van der Waals surface area contributed by atoms with Gasteiger partial charge in [0.15, 0.2) is 0 Å². The number of unbranched alkanes of at least 4 members (excludes halogenated alkanes) is 2. The summed E-state index contributed by atoms with van der Waals surface area (Å²) >= 11 is 0. The summed E-state index contributed by atoms with van der Waals surface area (Å²) in [5.41, 5.74) is 0. The molecule has 2 atom stereocenters. The van der Waals surface area contributed by atoms with Gasteiger partial charge in [-0.2, -0.15) is 0 Å². The molecule has 3 heteroatoms. The maximum atomic E-state index is 10.9. The molecule has 2 unspecified atom stereocenters. The van der Waals surface area contributed by atoms with Crippen LogP contribution < -0.4 is 0 Å². The van der Waals surface area contributed by atoms with Crippen molar-refractivity contribution in [3.05, 3.63) is 0 Å². The molecule has 0 saturated heterocycles. The van der Waals surface area contributed by atoms with Crippen molar-refractivity contribution in [2.75, 3.05) is 6.61 Å². The smallest absolute Gasteiger partial charge is 0.309 e. The minimum absolute atomic E-state index is 0.121. The van der Waals surface area contributed by atoms with Crippen LogP contribution in [0.15, 0.2) is 0 Å². The van der Waals surface area contributed by atoms with E-state index in [0.29, 0.717) is 13.0 Å². The van der Waals surface area contributed by atoms with E-state index in [1.54, 1.807) is 0 Å². The third-order valence-electron chi connectivity index (χ3n) is 2.69. The van der Waals surface area contributed by atoms with Crippen molar-refractivity contribution in [3.8, 4) is 0 Å². The molecule has 0 spiro atoms. The lowest BCUT2D eigenvalue weighted by atomic mass is 9.97. The number of ether oxygens (including phenoxy) is 1. The molecule has 0 aromatic heterocycles. The second-order valence-electron chi connectivity index (χ2n) is 3.88. The molecule has 90 valence electrons. The summed E-state index contributed by atoms with van der Waals surface area (Å²) in [5, 5.41) is 9.00. The van der Waals surface area contributed by atoms with Crippen molar-refractivity contribution in [2.45, 2.75) is 59.0 Å². The normalized spacial score (nSPS) is 14.9. The fourth-order valence-electron chi connectivity index (χ4n) is 1.70. The first-order valence-electron chi connectivity index (χ1n) is 6.01. The monoisotopic (exact) mass is 216 g/mol. The van der Waals surface area contributed by atoms with Gasteiger partial charge in [0.2, 0.25) is 0 Å². The summed E-state index contributed by atoms with van der Waals surface area (Å²) < 4.78 is 5.63. The maximum absolute atomic E-state index is 10.9. The molecular formula is C12H24O3. The van der Waals surface area contributed by atoms with Crippen LogP contribution in [0.25, 0.3) is 0 Å². The Labute approximate surface area is 92.8 Å². The van der Waals surface area contributed by atoms with Crippen LogP contribution in [0.2, 0.25) is 0 Å². The zero-order valence-electron chi connectivity index (χ0n) is 10.2. The summed E-state index contributed by atoms with van der Waals surface area (Å²) in [6, 6.07) is 0. The topological polar surface area (TPSA) is 46.5 Å². The Morgan fingerprint density at radius 2 is 1.87 bits per heavy atom. The Bertz CT molecular complexity index is 168. The quantitative estimate of drug-likeness (QED) is 0.602. The number of hydrogen-bond acceptors (Lipinski definition) is 2. The summed E-state index contributed by atoms with van der Waals surface area (Å²) in [6.45, 7) is 6.71. The van der Waals surface area contributed by atoms with Crippen molar-refractivity contribution in [2.24, 2.45) is 5.92 Å². The second-order valence-corrected chi connectivity index (χ2v) is 3.88. The highest BCUT2D eigenvalue weighted by atomic mass is 16.5. The largest absolute Gasteiger partial charge is 0.481 e. The summed E-state index contributed by atoms with van der Waals surface area (Å²) in [7, 11) is 0. The standard InChI is InChI=1S/C12H24O3/c1-4-7-8-9-15-11(6-3)10(5-2)12(13)14/h10-11H,4-9H2,1-3H3,(H,13,14). The molecule has 0 aliphatic heterocycles. The molecule has 0 aromatic carbocycles. The van der Waals surface area contributed by atoms with Crippen LogP contribution in [-0.2, 0) is 9.53 Å². The average molecular weight is 216 g/mol. The van der Waals surface area contributed by atoms with Crippen LogP contribution in [0, 0.1) is 5.92 Å². The van der Waals surface area contributed by atoms with Crippen molar-refractivity contribution >= 4 is 5.97 Å². The van der Waals surface area contributed by atoms with Gasteiger partial charge < -0.3 is 9.84 Å². The molecule has 3 nitrogen and oxygen atoms in total. The van der Waals surface area contributed by atoms with E-state index in [1.807, 2.05) is 13.8 Å². The first-order chi connectivity index (χ1) is 7.17. The molecule has 0 aromatic rings. The highest BCUT2D eigenvalue weighted by molar-refractivity contribution is 5.70. The summed E-state index contributed by atoms with van der Waals surface area (Å²) in [5.74, 6) is -1.09. The number of aliphatic carboxylic acids is 1. The zero-order chi connectivity index (χ0) is 11.7. The second kappa shape index (κ2) is 8.72. The number of hydrogen-bond donors (Lipinski definition) is 1. The molecule has 0 amide bonds. The van der Waals surface area contributed by atoms with Gasteiger partial charge in [0.1, 0.15) is 0 Å². The van der Waals surface area contributed by atoms with Gasteiger partial charge >= 0.3 is 5.97 Å². The Morgan fingerprint density at radius 1 is 1.20 bits per heavy atom. The van der Waals surface area contributed by atoms with Gasteiger partial charge in [0.05, 0.1) is 12.0 Å². The average Bonchev–Trinajstić information content (AvgIpc) is 2.22. The molecule has 0 aliphatic rings. The highest BCUT2D eigenvalue weighted by Gasteiger charge is 2.25. The van der Waals surface area contributed by atoms with Gasteiger partial charge in [-0.1, -0.05) is 33.6 Å². The number of carbonyl (C=O) groups is 1. The Balaban J connectivity index is 3.93. The predicted molar refractivity (Wildman–Crippen MR) is 61.0 cm³/mol. The summed E-state index contributed by atoms with van der Waals surface area (Å²) in [4.78, 5) is 10.9. The first kappa shape index (κ1) is 14.4. The van der Waals surface area contributed by atoms with Crippen LogP contribution in [0.5, 0.6) is 0 Å². The molecule has 0 fully saturated rings. The van der Waals surface area contributed by atoms with E-state index < -0.39 is 5.97 Å². The van der Waals surface area contributed by atoms with E-state index in [0.717, 1.165) is 25.7 Å². The van der Waals surface area contributed by atoms with E-state index in [9.17, 15) is 4.79 Å². The fourth-order valence-corrected chi connectivity index (χ4v) is 1.70. The molecular weight excluding hydrogens is 192 g/mol. The fraction of sp³-hybridized carbons (Fsp3) is 0.917. The third-order valence-corrected chi connectivity index (χ3v) is 2.69. The Kier molecular flexibility index (Phi) is 8.38. The maximum Gasteiger partial charge on any atom is 0.309 e. The van der Waals surface area contributed by atoms with E-state index >= 15 is 0 Å². The minimum Gasteiger partial charge on any atom is -0.481 e. The van der Waals surface area contributed by atoms with Crippen LogP contribution in [-0.4, -0.2) is 23.8 Å². The molecule has 0 aliphatic carbocycles. The molecule has 0 rings (SSSR count). The van der Waals surface area contributed by atoms with Crippen LogP contribution >= 0.6 is 0 Å². The van der Waals surface area contributed by atoms with Crippen LogP contribution in [0.1, 0.15) is 52.9 Å². The van der Waals surface area contributed by atoms with Crippen LogP contribution in [0.4, 0.5) is 0 Å². The molecule has 0 saturated carbocycles. The molecule has 15 heavy (non-hydrogen) atoms. The lowest BCUT2D eigenvalue weighted by Crippen LogP contribution is -2.30. The first-order valence-corrected chi connectivity index (χ1v) is 6.01. The van der Waals surface area contributed by atoms with Gasteiger partial charge in [-0.3, -0.25) is 4.79 Å². The Morgan fingerprint density at radius 3 is 2.27 bits per heavy atom. The summed E-state index contributed by atoms with van der Waals surface area (Å²) in [6.07, 6.45) is 4.64. The van der Waals surface area contributed by atoms with Crippen molar-refractivity contribution in [3.63, 3.8) is 0 Å². The Hall–Kier alpha value is -0.570. The zero-order valence-corrected chi connectivity index (χ0v) is 10.2. The van der Waals surface area contributed by atoms with Crippen molar-refractivity contribution in [1.82, 2.24) is 0 Å². The van der Waals surface area contributed by atoms with Crippen molar-refractivity contribution < 1.29 is 14.6 Å². The number of rotatable bonds is 9. The molecule has 1 N–H and O–H groups in total. The minimum atomic E-state index is -0.736.